The molecule has 1 saturated carbocycles. The van der Waals surface area contributed by atoms with Crippen LogP contribution in [-0.4, -0.2) is 94.6 Å². The van der Waals surface area contributed by atoms with Crippen LogP contribution in [0.3, 0.4) is 0 Å². The number of hydrogen-bond donors (Lipinski definition) is 1. The third-order valence-electron chi connectivity index (χ3n) is 12.9. The van der Waals surface area contributed by atoms with Crippen molar-refractivity contribution >= 4 is 52.5 Å². The Kier molecular flexibility index (Phi) is 8.73. The Morgan fingerprint density at radius 3 is 2.28 bits per heavy atom. The highest BCUT2D eigenvalue weighted by molar-refractivity contribution is 6.33. The van der Waals surface area contributed by atoms with Crippen LogP contribution in [0.5, 0.6) is 5.75 Å². The van der Waals surface area contributed by atoms with E-state index in [9.17, 15) is 24.0 Å². The maximum atomic E-state index is 15.3. The number of benzene rings is 3. The number of anilines is 1. The van der Waals surface area contributed by atoms with Crippen LogP contribution in [0.2, 0.25) is 5.02 Å². The van der Waals surface area contributed by atoms with Gasteiger partial charge in [0.1, 0.15) is 23.7 Å². The van der Waals surface area contributed by atoms with E-state index in [1.54, 1.807) is 18.2 Å². The van der Waals surface area contributed by atoms with Crippen LogP contribution in [0.25, 0.3) is 4.85 Å². The summed E-state index contributed by atoms with van der Waals surface area (Å²) < 4.78 is 21.8. The van der Waals surface area contributed by atoms with Crippen molar-refractivity contribution in [1.29, 1.82) is 0 Å². The maximum Gasteiger partial charge on any atom is 0.262 e. The lowest BCUT2D eigenvalue weighted by molar-refractivity contribution is -0.199. The summed E-state index contributed by atoms with van der Waals surface area (Å²) in [5.74, 6) is 4.30. The molecule has 5 heterocycles. The molecule has 58 heavy (non-hydrogen) atoms. The molecular weight excluding hydrogens is 763 g/mol. The van der Waals surface area contributed by atoms with E-state index in [4.69, 9.17) is 22.9 Å². The third-order valence-corrected chi connectivity index (χ3v) is 13.2. The van der Waals surface area contributed by atoms with Crippen LogP contribution in [-0.2, 0) is 16.1 Å². The van der Waals surface area contributed by atoms with Crippen molar-refractivity contribution in [3.05, 3.63) is 98.6 Å². The van der Waals surface area contributed by atoms with Gasteiger partial charge in [-0.15, -0.1) is 0 Å². The number of piperidine rings is 1. The Bertz CT molecular complexity index is 2460. The lowest BCUT2D eigenvalue weighted by Crippen LogP contribution is -2.74. The summed E-state index contributed by atoms with van der Waals surface area (Å²) in [5.41, 5.74) is 2.35. The molecule has 1 atom stereocenters. The van der Waals surface area contributed by atoms with Crippen molar-refractivity contribution in [3.63, 3.8) is 0 Å². The number of halogens is 2. The fourth-order valence-electron chi connectivity index (χ4n) is 10.3. The van der Waals surface area contributed by atoms with Crippen molar-refractivity contribution in [2.75, 3.05) is 31.1 Å². The molecule has 4 fully saturated rings. The van der Waals surface area contributed by atoms with Crippen LogP contribution in [0.1, 0.15) is 82.7 Å². The SMILES string of the molecule is [C-]#[N+]c1ccc(OC2C(C)(C)C(N3Cc4cc(C#CC5CN(C6CN(c7cc8c(cc7F)C(=O)N(C7CCC(=O)NC7=O)C8=O)C6)C5)ccc4C3=O)C2(C)C)cc1Cl. The summed E-state index contributed by atoms with van der Waals surface area (Å²) in [6, 6.07) is 12.4. The Morgan fingerprint density at radius 2 is 1.60 bits per heavy atom. The highest BCUT2D eigenvalue weighted by Gasteiger charge is 2.67. The van der Waals surface area contributed by atoms with E-state index in [0.29, 0.717) is 41.7 Å². The molecule has 1 aliphatic carbocycles. The fraction of sp³-hybridized carbons (Fsp3) is 0.409. The standard InChI is InChI=1S/C44H40ClFN6O6/c1-43(2)41(44(3,4)42(43)58-27-9-11-33(47-5)31(45)15-27)51-20-25-14-23(8-10-28(25)38(51)55)6-7-24-18-49(19-24)26-21-50(22-26)35-17-30-29(16-32(35)46)39(56)52(40(30)57)34-12-13-36(53)48-37(34)54/h8-11,14-17,24,26,34,41-42H,12-13,18-22H2,1-4H3,(H,48,53,54). The number of hydrogen-bond acceptors (Lipinski definition) is 8. The fourth-order valence-corrected chi connectivity index (χ4v) is 10.5. The molecule has 0 radical (unpaired) electrons. The van der Waals surface area contributed by atoms with Gasteiger partial charge in [0.25, 0.3) is 17.7 Å². The second-order valence-electron chi connectivity index (χ2n) is 17.3. The molecule has 5 amide bonds. The van der Waals surface area contributed by atoms with E-state index in [-0.39, 0.29) is 70.5 Å². The summed E-state index contributed by atoms with van der Waals surface area (Å²) in [5, 5.41) is 2.51. The van der Waals surface area contributed by atoms with Crippen molar-refractivity contribution < 1.29 is 33.1 Å². The quantitative estimate of drug-likeness (QED) is 0.199. The number of carbonyl (C=O) groups is 5. The zero-order valence-corrected chi connectivity index (χ0v) is 33.2. The summed E-state index contributed by atoms with van der Waals surface area (Å²) in [6.45, 7) is 18.9. The molecule has 14 heteroatoms. The zero-order chi connectivity index (χ0) is 41.0. The normalized spacial score (nSPS) is 24.9. The third kappa shape index (κ3) is 5.85. The van der Waals surface area contributed by atoms with Crippen molar-refractivity contribution in [2.45, 2.75) is 71.3 Å². The number of nitrogens with one attached hydrogen (secondary N) is 1. The van der Waals surface area contributed by atoms with Gasteiger partial charge in [-0.3, -0.25) is 39.1 Å². The summed E-state index contributed by atoms with van der Waals surface area (Å²) in [7, 11) is 0. The molecule has 1 N–H and O–H groups in total. The van der Waals surface area contributed by atoms with E-state index in [1.807, 2.05) is 28.0 Å². The highest BCUT2D eigenvalue weighted by atomic mass is 35.5. The minimum absolute atomic E-state index is 0.00166. The van der Waals surface area contributed by atoms with E-state index < -0.39 is 35.5 Å². The largest absolute Gasteiger partial charge is 0.489 e. The number of rotatable bonds is 6. The van der Waals surface area contributed by atoms with Crippen molar-refractivity contribution in [3.8, 4) is 17.6 Å². The number of ether oxygens (including phenoxy) is 1. The number of nitrogens with zero attached hydrogens (tertiary/aromatic N) is 5. The molecule has 3 aromatic rings. The van der Waals surface area contributed by atoms with Gasteiger partial charge >= 0.3 is 0 Å². The molecule has 9 rings (SSSR count). The maximum absolute atomic E-state index is 15.3. The Balaban J connectivity index is 0.793. The second-order valence-corrected chi connectivity index (χ2v) is 17.8. The predicted molar refractivity (Wildman–Crippen MR) is 211 cm³/mol. The van der Waals surface area contributed by atoms with Gasteiger partial charge in [0.2, 0.25) is 17.5 Å². The average molecular weight is 803 g/mol. The molecule has 1 unspecified atom stereocenters. The Labute approximate surface area is 340 Å². The van der Waals surface area contributed by atoms with Crippen molar-refractivity contribution in [1.82, 2.24) is 20.0 Å². The number of likely N-dealkylation sites (tertiary alicyclic amines) is 1. The lowest BCUT2D eigenvalue weighted by atomic mass is 9.49. The molecule has 0 aromatic heterocycles. The van der Waals surface area contributed by atoms with E-state index in [0.717, 1.165) is 35.2 Å². The minimum Gasteiger partial charge on any atom is -0.489 e. The van der Waals surface area contributed by atoms with Gasteiger partial charge in [-0.2, -0.15) is 0 Å². The first-order valence-electron chi connectivity index (χ1n) is 19.4. The molecule has 12 nitrogen and oxygen atoms in total. The van der Waals surface area contributed by atoms with Crippen LogP contribution in [0.4, 0.5) is 15.8 Å². The van der Waals surface area contributed by atoms with Gasteiger partial charge in [0.15, 0.2) is 0 Å². The van der Waals surface area contributed by atoms with E-state index >= 15 is 4.39 Å². The summed E-state index contributed by atoms with van der Waals surface area (Å²) in [4.78, 5) is 74.5. The first-order chi connectivity index (χ1) is 27.6. The Morgan fingerprint density at radius 1 is 0.897 bits per heavy atom. The zero-order valence-electron chi connectivity index (χ0n) is 32.4. The molecule has 0 bridgehead atoms. The van der Waals surface area contributed by atoms with Crippen LogP contribution >= 0.6 is 11.6 Å². The van der Waals surface area contributed by atoms with Gasteiger partial charge in [-0.05, 0) is 54.4 Å². The van der Waals surface area contributed by atoms with Gasteiger partial charge in [0.05, 0.1) is 28.4 Å². The van der Waals surface area contributed by atoms with Crippen LogP contribution < -0.4 is 15.0 Å². The first kappa shape index (κ1) is 37.8. The van der Waals surface area contributed by atoms with Gasteiger partial charge < -0.3 is 14.5 Å². The highest BCUT2D eigenvalue weighted by Crippen LogP contribution is 2.59. The Hall–Kier alpha value is -5.76. The van der Waals surface area contributed by atoms with E-state index in [2.05, 4.69) is 54.6 Å². The van der Waals surface area contributed by atoms with E-state index in [1.165, 1.54) is 6.07 Å². The lowest BCUT2D eigenvalue weighted by Gasteiger charge is -2.65. The predicted octanol–water partition coefficient (Wildman–Crippen LogP) is 5.44. The number of imide groups is 2. The van der Waals surface area contributed by atoms with Gasteiger partial charge in [-0.25, -0.2) is 9.24 Å². The summed E-state index contributed by atoms with van der Waals surface area (Å²) in [6.07, 6.45) is -0.154. The molecule has 3 saturated heterocycles. The smallest absolute Gasteiger partial charge is 0.262 e. The minimum atomic E-state index is -1.11. The molecular formula is C44H40ClFN6O6. The topological polar surface area (TPSA) is 124 Å². The average Bonchev–Trinajstić information content (AvgIpc) is 3.57. The molecule has 6 aliphatic rings. The van der Waals surface area contributed by atoms with Crippen molar-refractivity contribution in [2.24, 2.45) is 16.7 Å². The number of amides is 5. The molecule has 296 valence electrons. The molecule has 0 spiro atoms. The second kappa shape index (κ2) is 13.4. The molecule has 5 aliphatic heterocycles. The van der Waals surface area contributed by atoms with Gasteiger partial charge in [0, 0.05) is 79.1 Å². The first-order valence-corrected chi connectivity index (χ1v) is 19.8. The molecule has 3 aromatic carbocycles. The summed E-state index contributed by atoms with van der Waals surface area (Å²) >= 11 is 6.28. The van der Waals surface area contributed by atoms with Crippen LogP contribution in [0, 0.1) is 41.0 Å². The number of carbonyl (C=O) groups excluding carboxylic acids is 5. The van der Waals surface area contributed by atoms with Gasteiger partial charge in [-0.1, -0.05) is 57.2 Å². The van der Waals surface area contributed by atoms with Crippen LogP contribution in [0.15, 0.2) is 48.5 Å². The monoisotopic (exact) mass is 802 g/mol. The number of fused-ring (bicyclic) bond motifs is 2.